The number of benzene rings is 1. The lowest BCUT2D eigenvalue weighted by molar-refractivity contribution is 0.0527. The van der Waals surface area contributed by atoms with Crippen molar-refractivity contribution in [1.82, 2.24) is 25.2 Å². The van der Waals surface area contributed by atoms with Crippen molar-refractivity contribution in [3.05, 3.63) is 59.4 Å². The van der Waals surface area contributed by atoms with Gasteiger partial charge in [0.2, 0.25) is 0 Å². The third-order valence-electron chi connectivity index (χ3n) is 5.77. The summed E-state index contributed by atoms with van der Waals surface area (Å²) in [7, 11) is 0. The molecule has 192 valence electrons. The highest BCUT2D eigenvalue weighted by atomic mass is 19.1. The maximum atomic E-state index is 14.5. The number of fused-ring (bicyclic) bond motifs is 1. The van der Waals surface area contributed by atoms with Gasteiger partial charge >= 0.3 is 6.09 Å². The van der Waals surface area contributed by atoms with Crippen molar-refractivity contribution in [2.24, 2.45) is 0 Å². The van der Waals surface area contributed by atoms with E-state index in [1.165, 1.54) is 16.8 Å². The molecule has 1 fully saturated rings. The molecule has 2 N–H and O–H groups in total. The molecule has 0 bridgehead atoms. The number of aromatic nitrogens is 3. The number of amides is 2. The molecule has 11 heteroatoms. The Bertz CT molecular complexity index is 1260. The van der Waals surface area contributed by atoms with Crippen LogP contribution >= 0.6 is 0 Å². The van der Waals surface area contributed by atoms with Crippen LogP contribution in [0.2, 0.25) is 0 Å². The highest BCUT2D eigenvalue weighted by Crippen LogP contribution is 2.36. The first-order valence-corrected chi connectivity index (χ1v) is 11.9. The van der Waals surface area contributed by atoms with Crippen LogP contribution < -0.4 is 15.5 Å². The van der Waals surface area contributed by atoms with Crippen LogP contribution in [-0.4, -0.2) is 51.8 Å². The smallest absolute Gasteiger partial charge is 0.407 e. The Morgan fingerprint density at radius 1 is 1.17 bits per heavy atom. The van der Waals surface area contributed by atoms with E-state index in [1.54, 1.807) is 33.0 Å². The van der Waals surface area contributed by atoms with Gasteiger partial charge in [-0.25, -0.2) is 23.1 Å². The molecule has 3 heterocycles. The maximum Gasteiger partial charge on any atom is 0.407 e. The van der Waals surface area contributed by atoms with Crippen LogP contribution in [0.3, 0.4) is 0 Å². The number of nitrogens with zero attached hydrogens (tertiary/aromatic N) is 4. The third kappa shape index (κ3) is 5.89. The number of ether oxygens (including phenoxy) is 1. The van der Waals surface area contributed by atoms with E-state index in [4.69, 9.17) is 4.74 Å². The van der Waals surface area contributed by atoms with Crippen LogP contribution in [0.1, 0.15) is 62.0 Å². The van der Waals surface area contributed by atoms with Crippen LogP contribution in [0.25, 0.3) is 5.65 Å². The Kier molecular flexibility index (Phi) is 7.37. The zero-order chi connectivity index (χ0) is 25.9. The van der Waals surface area contributed by atoms with E-state index in [9.17, 15) is 18.4 Å². The first-order chi connectivity index (χ1) is 17.1. The Morgan fingerprint density at radius 2 is 1.94 bits per heavy atom. The minimum absolute atomic E-state index is 0.292. The molecule has 1 saturated heterocycles. The molecule has 1 aliphatic rings. The molecule has 0 unspecified atom stereocenters. The molecule has 3 aromatic rings. The second kappa shape index (κ2) is 10.5. The molecular formula is C25H30F2N6O3. The molecule has 0 saturated carbocycles. The fraction of sp³-hybridized carbons (Fsp3) is 0.440. The van der Waals surface area contributed by atoms with E-state index in [-0.39, 0.29) is 11.9 Å². The van der Waals surface area contributed by atoms with Gasteiger partial charge < -0.3 is 20.3 Å². The van der Waals surface area contributed by atoms with Gasteiger partial charge in [0.15, 0.2) is 5.65 Å². The first kappa shape index (κ1) is 25.3. The quantitative estimate of drug-likeness (QED) is 0.476. The van der Waals surface area contributed by atoms with Crippen LogP contribution in [0.15, 0.2) is 36.7 Å². The standard InChI is InChI=1S/C25H30F2N6O3/c1-25(2,3)36-24(35)29-11-5-10-28-23(34)18-15-30-33-13-9-21(31-22(18)33)32-12-4-6-20(32)17-14-16(26)7-8-19(17)27/h7-9,13-15,20H,4-6,10-12H2,1-3H3,(H,28,34)(H,29,35)/t20-/m1/s1. The largest absolute Gasteiger partial charge is 0.444 e. The summed E-state index contributed by atoms with van der Waals surface area (Å²) in [4.78, 5) is 31.0. The Balaban J connectivity index is 1.41. The SMILES string of the molecule is CC(C)(C)OC(=O)NCCCNC(=O)c1cnn2ccc(N3CCC[C@@H]3c3cc(F)ccc3F)nc12. The average Bonchev–Trinajstić information content (AvgIpc) is 3.46. The van der Waals surface area contributed by atoms with Crippen molar-refractivity contribution in [3.63, 3.8) is 0 Å². The van der Waals surface area contributed by atoms with Gasteiger partial charge in [0, 0.05) is 31.4 Å². The van der Waals surface area contributed by atoms with Gasteiger partial charge in [-0.05, 0) is 64.3 Å². The number of carbonyl (C=O) groups excluding carboxylic acids is 2. The van der Waals surface area contributed by atoms with Crippen LogP contribution in [0.5, 0.6) is 0 Å². The van der Waals surface area contributed by atoms with Crippen molar-refractivity contribution in [1.29, 1.82) is 0 Å². The van der Waals surface area contributed by atoms with Crippen LogP contribution in [0.4, 0.5) is 19.4 Å². The molecule has 2 amide bonds. The summed E-state index contributed by atoms with van der Waals surface area (Å²) in [5.74, 6) is -0.733. The fourth-order valence-electron chi connectivity index (χ4n) is 4.20. The van der Waals surface area contributed by atoms with Crippen molar-refractivity contribution in [2.75, 3.05) is 24.5 Å². The van der Waals surface area contributed by atoms with Gasteiger partial charge in [0.1, 0.15) is 28.6 Å². The summed E-state index contributed by atoms with van der Waals surface area (Å²) in [5, 5.41) is 9.66. The summed E-state index contributed by atoms with van der Waals surface area (Å²) in [6, 6.07) is 4.87. The molecule has 2 aromatic heterocycles. The number of anilines is 1. The minimum Gasteiger partial charge on any atom is -0.444 e. The van der Waals surface area contributed by atoms with Gasteiger partial charge in [-0.3, -0.25) is 4.79 Å². The van der Waals surface area contributed by atoms with Crippen LogP contribution in [0, 0.1) is 11.6 Å². The lowest BCUT2D eigenvalue weighted by Crippen LogP contribution is -2.34. The first-order valence-electron chi connectivity index (χ1n) is 11.9. The van der Waals surface area contributed by atoms with Crippen molar-refractivity contribution >= 4 is 23.5 Å². The average molecular weight is 501 g/mol. The molecule has 36 heavy (non-hydrogen) atoms. The van der Waals surface area contributed by atoms with Gasteiger partial charge in [-0.2, -0.15) is 5.10 Å². The highest BCUT2D eigenvalue weighted by Gasteiger charge is 2.30. The molecule has 0 spiro atoms. The second-order valence-corrected chi connectivity index (χ2v) is 9.67. The number of alkyl carbamates (subject to hydrolysis) is 1. The van der Waals surface area contributed by atoms with Crippen LogP contribution in [-0.2, 0) is 4.74 Å². The molecule has 9 nitrogen and oxygen atoms in total. The molecule has 4 rings (SSSR count). The predicted octanol–water partition coefficient (Wildman–Crippen LogP) is 3.99. The van der Waals surface area contributed by atoms with Gasteiger partial charge in [-0.15, -0.1) is 0 Å². The van der Waals surface area contributed by atoms with E-state index in [0.717, 1.165) is 18.6 Å². The van der Waals surface area contributed by atoms with Gasteiger partial charge in [-0.1, -0.05) is 0 Å². The lowest BCUT2D eigenvalue weighted by atomic mass is 10.0. The third-order valence-corrected chi connectivity index (χ3v) is 5.77. The van der Waals surface area contributed by atoms with Gasteiger partial charge in [0.05, 0.1) is 12.2 Å². The number of halogens is 2. The molecule has 0 radical (unpaired) electrons. The molecule has 1 atom stereocenters. The molecule has 0 aliphatic carbocycles. The van der Waals surface area contributed by atoms with E-state index in [1.807, 2.05) is 4.90 Å². The summed E-state index contributed by atoms with van der Waals surface area (Å²) in [5.41, 5.74) is 0.376. The van der Waals surface area contributed by atoms with Crippen molar-refractivity contribution < 1.29 is 23.1 Å². The van der Waals surface area contributed by atoms with Crippen molar-refractivity contribution in [2.45, 2.75) is 51.7 Å². The molecule has 1 aromatic carbocycles. The van der Waals surface area contributed by atoms with E-state index in [0.29, 0.717) is 55.1 Å². The zero-order valence-corrected chi connectivity index (χ0v) is 20.6. The number of hydrogen-bond donors (Lipinski definition) is 2. The van der Waals surface area contributed by atoms with E-state index >= 15 is 0 Å². The predicted molar refractivity (Wildman–Crippen MR) is 130 cm³/mol. The highest BCUT2D eigenvalue weighted by molar-refractivity contribution is 5.99. The monoisotopic (exact) mass is 500 g/mol. The Morgan fingerprint density at radius 3 is 2.72 bits per heavy atom. The maximum absolute atomic E-state index is 14.5. The molecule has 1 aliphatic heterocycles. The zero-order valence-electron chi connectivity index (χ0n) is 20.6. The van der Waals surface area contributed by atoms with Gasteiger partial charge in [0.25, 0.3) is 5.91 Å². The minimum atomic E-state index is -0.575. The van der Waals surface area contributed by atoms with E-state index < -0.39 is 23.3 Å². The molecular weight excluding hydrogens is 470 g/mol. The topological polar surface area (TPSA) is 101 Å². The van der Waals surface area contributed by atoms with Crippen molar-refractivity contribution in [3.8, 4) is 0 Å². The van der Waals surface area contributed by atoms with E-state index in [2.05, 4.69) is 20.7 Å². The summed E-state index contributed by atoms with van der Waals surface area (Å²) in [6.45, 7) is 6.66. The summed E-state index contributed by atoms with van der Waals surface area (Å²) < 4.78 is 34.9. The number of carbonyl (C=O) groups is 2. The lowest BCUT2D eigenvalue weighted by Gasteiger charge is -2.26. The number of rotatable bonds is 7. The number of hydrogen-bond acceptors (Lipinski definition) is 6. The fourth-order valence-corrected chi connectivity index (χ4v) is 4.20. The Labute approximate surface area is 207 Å². The Hall–Kier alpha value is -3.76. The normalized spacial score (nSPS) is 15.8. The summed E-state index contributed by atoms with van der Waals surface area (Å²) in [6.07, 6.45) is 4.60. The number of nitrogens with one attached hydrogen (secondary N) is 2. The summed E-state index contributed by atoms with van der Waals surface area (Å²) >= 11 is 0. The second-order valence-electron chi connectivity index (χ2n) is 9.67.